The van der Waals surface area contributed by atoms with Gasteiger partial charge in [-0.1, -0.05) is 35.0 Å². The number of carbonyl (C=O) groups is 1. The standard InChI is InChI=1S/C16H14ClN3O2/c17-12-3-1-2-10(4-6-12)9-19-16(21)11-5-7-13-14(8-11)22-20-15(13)18/h1-2,4-8H,3,9H2,(H2,18,20)(H,19,21). The molecule has 2 aromatic rings. The number of hydrogen-bond acceptors (Lipinski definition) is 4. The molecule has 3 N–H and O–H groups in total. The average molecular weight is 316 g/mol. The Morgan fingerprint density at radius 2 is 2.27 bits per heavy atom. The molecule has 0 unspecified atom stereocenters. The van der Waals surface area contributed by atoms with Gasteiger partial charge in [0.2, 0.25) is 0 Å². The highest BCUT2D eigenvalue weighted by atomic mass is 35.5. The van der Waals surface area contributed by atoms with Crippen molar-refractivity contribution in [3.8, 4) is 0 Å². The van der Waals surface area contributed by atoms with Gasteiger partial charge in [-0.2, -0.15) is 0 Å². The molecule has 0 aliphatic heterocycles. The first-order valence-electron chi connectivity index (χ1n) is 6.78. The molecular formula is C16H14ClN3O2. The molecule has 1 heterocycles. The third-order valence-electron chi connectivity index (χ3n) is 3.34. The van der Waals surface area contributed by atoms with Gasteiger partial charge in [-0.25, -0.2) is 0 Å². The summed E-state index contributed by atoms with van der Waals surface area (Å²) in [6.45, 7) is 0.423. The number of anilines is 1. The summed E-state index contributed by atoms with van der Waals surface area (Å²) in [5.41, 5.74) is 7.62. The SMILES string of the molecule is Nc1noc2cc(C(=O)NCC3=CC=C(Cl)CC=C3)ccc12. The van der Waals surface area contributed by atoms with E-state index in [2.05, 4.69) is 10.5 Å². The van der Waals surface area contributed by atoms with E-state index in [4.69, 9.17) is 21.9 Å². The number of rotatable bonds is 3. The number of fused-ring (bicyclic) bond motifs is 1. The van der Waals surface area contributed by atoms with E-state index < -0.39 is 0 Å². The summed E-state index contributed by atoms with van der Waals surface area (Å²) in [6.07, 6.45) is 8.36. The highest BCUT2D eigenvalue weighted by molar-refractivity contribution is 6.29. The van der Waals surface area contributed by atoms with Crippen LogP contribution in [0.15, 0.2) is 57.6 Å². The van der Waals surface area contributed by atoms with Crippen LogP contribution < -0.4 is 11.1 Å². The Morgan fingerprint density at radius 3 is 3.14 bits per heavy atom. The number of nitrogens with zero attached hydrogens (tertiary/aromatic N) is 1. The molecule has 0 spiro atoms. The second-order valence-electron chi connectivity index (χ2n) is 4.92. The summed E-state index contributed by atoms with van der Waals surface area (Å²) >= 11 is 5.95. The van der Waals surface area contributed by atoms with Gasteiger partial charge in [0.05, 0.1) is 5.39 Å². The Balaban J connectivity index is 1.71. The van der Waals surface area contributed by atoms with Gasteiger partial charge >= 0.3 is 0 Å². The number of nitrogens with two attached hydrogens (primary N) is 1. The van der Waals surface area contributed by atoms with Crippen molar-refractivity contribution in [3.05, 3.63) is 58.7 Å². The average Bonchev–Trinajstić information content (AvgIpc) is 2.76. The second-order valence-corrected chi connectivity index (χ2v) is 5.41. The lowest BCUT2D eigenvalue weighted by molar-refractivity contribution is 0.0957. The first-order valence-corrected chi connectivity index (χ1v) is 7.16. The first-order chi connectivity index (χ1) is 10.6. The first kappa shape index (κ1) is 14.4. The van der Waals surface area contributed by atoms with Crippen LogP contribution in [0.3, 0.4) is 0 Å². The lowest BCUT2D eigenvalue weighted by atomic mass is 10.1. The van der Waals surface area contributed by atoms with Crippen LogP contribution in [0, 0.1) is 0 Å². The Hall–Kier alpha value is -2.53. The number of benzene rings is 1. The van der Waals surface area contributed by atoms with Gasteiger partial charge in [0.1, 0.15) is 0 Å². The molecule has 1 aromatic carbocycles. The van der Waals surface area contributed by atoms with Gasteiger partial charge < -0.3 is 15.6 Å². The molecule has 0 saturated heterocycles. The molecule has 112 valence electrons. The van der Waals surface area contributed by atoms with Crippen LogP contribution >= 0.6 is 11.6 Å². The molecule has 5 nitrogen and oxygen atoms in total. The summed E-state index contributed by atoms with van der Waals surface area (Å²) in [5, 5.41) is 7.99. The van der Waals surface area contributed by atoms with Crippen molar-refractivity contribution in [2.45, 2.75) is 6.42 Å². The van der Waals surface area contributed by atoms with Crippen molar-refractivity contribution in [1.29, 1.82) is 0 Å². The predicted octanol–water partition coefficient (Wildman–Crippen LogP) is 3.15. The summed E-state index contributed by atoms with van der Waals surface area (Å²) in [4.78, 5) is 12.2. The number of allylic oxidation sites excluding steroid dienone is 4. The van der Waals surface area contributed by atoms with Crippen LogP contribution in [-0.2, 0) is 0 Å². The Bertz CT molecular complexity index is 818. The van der Waals surface area contributed by atoms with Crippen molar-refractivity contribution in [2.24, 2.45) is 0 Å². The quantitative estimate of drug-likeness (QED) is 0.911. The number of amides is 1. The van der Waals surface area contributed by atoms with Crippen molar-refractivity contribution in [3.63, 3.8) is 0 Å². The number of carbonyl (C=O) groups excluding carboxylic acids is 1. The fraction of sp³-hybridized carbons (Fsp3) is 0.125. The summed E-state index contributed by atoms with van der Waals surface area (Å²) in [5.74, 6) is 0.130. The molecule has 1 aliphatic rings. The van der Waals surface area contributed by atoms with Crippen LogP contribution in [-0.4, -0.2) is 17.6 Å². The van der Waals surface area contributed by atoms with Crippen molar-refractivity contribution in [2.75, 3.05) is 12.3 Å². The van der Waals surface area contributed by atoms with E-state index in [-0.39, 0.29) is 5.91 Å². The maximum Gasteiger partial charge on any atom is 0.251 e. The molecule has 0 atom stereocenters. The summed E-state index contributed by atoms with van der Waals surface area (Å²) in [6, 6.07) is 5.05. The molecule has 1 aliphatic carbocycles. The highest BCUT2D eigenvalue weighted by Crippen LogP contribution is 2.21. The maximum absolute atomic E-state index is 12.2. The molecule has 0 bridgehead atoms. The molecule has 1 aromatic heterocycles. The minimum atomic E-state index is -0.189. The molecule has 1 amide bonds. The van der Waals surface area contributed by atoms with Gasteiger partial charge in [0, 0.05) is 23.6 Å². The van der Waals surface area contributed by atoms with Crippen LogP contribution in [0.25, 0.3) is 11.0 Å². The predicted molar refractivity (Wildman–Crippen MR) is 86.5 cm³/mol. The molecule has 0 radical (unpaired) electrons. The fourth-order valence-electron chi connectivity index (χ4n) is 2.14. The van der Waals surface area contributed by atoms with Gasteiger partial charge in [-0.15, -0.1) is 0 Å². The van der Waals surface area contributed by atoms with E-state index in [1.54, 1.807) is 18.2 Å². The number of nitrogen functional groups attached to an aromatic ring is 1. The van der Waals surface area contributed by atoms with Crippen molar-refractivity contribution >= 4 is 34.3 Å². The van der Waals surface area contributed by atoms with Crippen LogP contribution in [0.5, 0.6) is 0 Å². The molecule has 22 heavy (non-hydrogen) atoms. The van der Waals surface area contributed by atoms with Crippen LogP contribution in [0.2, 0.25) is 0 Å². The minimum Gasteiger partial charge on any atom is -0.380 e. The third kappa shape index (κ3) is 3.04. The van der Waals surface area contributed by atoms with Gasteiger partial charge in [0.25, 0.3) is 5.91 Å². The fourth-order valence-corrected chi connectivity index (χ4v) is 2.30. The van der Waals surface area contributed by atoms with Gasteiger partial charge in [-0.05, 0) is 29.8 Å². The largest absolute Gasteiger partial charge is 0.380 e. The zero-order chi connectivity index (χ0) is 15.5. The molecule has 0 saturated carbocycles. The Kier molecular flexibility index (Phi) is 3.98. The lowest BCUT2D eigenvalue weighted by Crippen LogP contribution is -2.25. The second kappa shape index (κ2) is 6.07. The lowest BCUT2D eigenvalue weighted by Gasteiger charge is -2.05. The minimum absolute atomic E-state index is 0.189. The third-order valence-corrected chi connectivity index (χ3v) is 3.62. The summed E-state index contributed by atoms with van der Waals surface area (Å²) < 4.78 is 5.06. The monoisotopic (exact) mass is 315 g/mol. The van der Waals surface area contributed by atoms with E-state index in [0.29, 0.717) is 35.3 Å². The maximum atomic E-state index is 12.2. The molecular weight excluding hydrogens is 302 g/mol. The number of nitrogens with one attached hydrogen (secondary N) is 1. The molecule has 3 rings (SSSR count). The molecule has 0 fully saturated rings. The Morgan fingerprint density at radius 1 is 1.41 bits per heavy atom. The number of halogens is 1. The van der Waals surface area contributed by atoms with E-state index in [9.17, 15) is 4.79 Å². The zero-order valence-electron chi connectivity index (χ0n) is 11.7. The van der Waals surface area contributed by atoms with Crippen LogP contribution in [0.4, 0.5) is 5.82 Å². The number of aromatic nitrogens is 1. The van der Waals surface area contributed by atoms with E-state index in [1.165, 1.54) is 0 Å². The van der Waals surface area contributed by atoms with Crippen molar-refractivity contribution in [1.82, 2.24) is 10.5 Å². The molecule has 6 heteroatoms. The van der Waals surface area contributed by atoms with E-state index >= 15 is 0 Å². The van der Waals surface area contributed by atoms with E-state index in [0.717, 1.165) is 10.6 Å². The summed E-state index contributed by atoms with van der Waals surface area (Å²) in [7, 11) is 0. The van der Waals surface area contributed by atoms with Gasteiger partial charge in [0.15, 0.2) is 11.4 Å². The van der Waals surface area contributed by atoms with Crippen LogP contribution in [0.1, 0.15) is 16.8 Å². The van der Waals surface area contributed by atoms with Gasteiger partial charge in [-0.3, -0.25) is 4.79 Å². The Labute approximate surface area is 132 Å². The number of hydrogen-bond donors (Lipinski definition) is 2. The topological polar surface area (TPSA) is 81.2 Å². The normalized spacial score (nSPS) is 14.4. The zero-order valence-corrected chi connectivity index (χ0v) is 12.4. The van der Waals surface area contributed by atoms with E-state index in [1.807, 2.05) is 24.3 Å². The highest BCUT2D eigenvalue weighted by Gasteiger charge is 2.10. The van der Waals surface area contributed by atoms with Crippen molar-refractivity contribution < 1.29 is 9.32 Å². The smallest absolute Gasteiger partial charge is 0.251 e.